The van der Waals surface area contributed by atoms with E-state index in [1.807, 2.05) is 18.2 Å². The lowest BCUT2D eigenvalue weighted by molar-refractivity contribution is -0.925. The highest BCUT2D eigenvalue weighted by Gasteiger charge is 2.38. The molecule has 1 aromatic carbocycles. The maximum absolute atomic E-state index is 13.8. The Hall–Kier alpha value is -2.71. The fourth-order valence-electron chi connectivity index (χ4n) is 6.41. The summed E-state index contributed by atoms with van der Waals surface area (Å²) >= 11 is 0. The highest BCUT2D eigenvalue weighted by Crippen LogP contribution is 2.32. The lowest BCUT2D eigenvalue weighted by atomic mass is 9.82. The average molecular weight is 478 g/mol. The molecule has 0 amide bonds. The van der Waals surface area contributed by atoms with E-state index < -0.39 is 0 Å². The van der Waals surface area contributed by atoms with Crippen molar-refractivity contribution in [3.8, 4) is 11.1 Å². The summed E-state index contributed by atoms with van der Waals surface area (Å²) in [6.07, 6.45) is 1.15. The summed E-state index contributed by atoms with van der Waals surface area (Å²) in [7, 11) is 0. The Morgan fingerprint density at radius 1 is 0.914 bits per heavy atom. The first-order valence-corrected chi connectivity index (χ1v) is 12.9. The summed E-state index contributed by atoms with van der Waals surface area (Å²) in [5.74, 6) is 2.43. The topological polar surface area (TPSA) is 73.5 Å². The molecule has 6 rings (SSSR count). The molecule has 5 heterocycles. The molecule has 2 aromatic heterocycles. The maximum Gasteiger partial charge on any atom is 0.258 e. The molecule has 0 aliphatic carbocycles. The van der Waals surface area contributed by atoms with Gasteiger partial charge in [0.05, 0.1) is 26.3 Å². The van der Waals surface area contributed by atoms with Crippen molar-refractivity contribution in [1.29, 1.82) is 0 Å². The molecular formula is C28H35N3O4+2. The Balaban J connectivity index is 1.25. The van der Waals surface area contributed by atoms with E-state index in [4.69, 9.17) is 9.15 Å². The number of nitrogens with one attached hydrogen (secondary N) is 2. The molecule has 35 heavy (non-hydrogen) atoms. The van der Waals surface area contributed by atoms with Gasteiger partial charge in [0.25, 0.3) is 5.56 Å². The molecule has 3 atom stereocenters. The summed E-state index contributed by atoms with van der Waals surface area (Å²) in [5, 5.41) is 9.29. The van der Waals surface area contributed by atoms with Gasteiger partial charge in [-0.05, 0) is 36.2 Å². The lowest BCUT2D eigenvalue weighted by Crippen LogP contribution is -3.13. The molecule has 3 N–H and O–H groups in total. The largest absolute Gasteiger partial charge is 0.458 e. The Morgan fingerprint density at radius 3 is 2.57 bits per heavy atom. The quantitative estimate of drug-likeness (QED) is 0.475. The number of nitrogens with zero attached hydrogens (tertiary/aromatic N) is 1. The van der Waals surface area contributed by atoms with Crippen LogP contribution < -0.4 is 15.4 Å². The van der Waals surface area contributed by atoms with Crippen molar-refractivity contribution in [2.75, 3.05) is 39.4 Å². The number of hydrogen-bond donors (Lipinski definition) is 3. The summed E-state index contributed by atoms with van der Waals surface area (Å²) < 4.78 is 13.3. The van der Waals surface area contributed by atoms with Gasteiger partial charge in [-0.15, -0.1) is 0 Å². The molecule has 184 valence electrons. The van der Waals surface area contributed by atoms with Crippen LogP contribution in [0.3, 0.4) is 0 Å². The van der Waals surface area contributed by atoms with Gasteiger partial charge >= 0.3 is 0 Å². The molecule has 2 bridgehead atoms. The van der Waals surface area contributed by atoms with Crippen molar-refractivity contribution in [3.05, 3.63) is 81.7 Å². The molecule has 3 aromatic rings. The first-order chi connectivity index (χ1) is 17.2. The van der Waals surface area contributed by atoms with Crippen LogP contribution in [-0.2, 0) is 31.0 Å². The number of fused-ring (bicyclic) bond motifs is 4. The molecule has 2 fully saturated rings. The summed E-state index contributed by atoms with van der Waals surface area (Å²) in [6, 6.07) is 16.5. The number of ether oxygens (including phenoxy) is 1. The second kappa shape index (κ2) is 9.74. The van der Waals surface area contributed by atoms with Crippen LogP contribution in [0.5, 0.6) is 0 Å². The minimum absolute atomic E-state index is 0.0594. The van der Waals surface area contributed by atoms with E-state index in [1.54, 1.807) is 0 Å². The van der Waals surface area contributed by atoms with Crippen LogP contribution in [0.15, 0.2) is 57.7 Å². The number of aliphatic hydroxyl groups excluding tert-OH is 1. The lowest BCUT2D eigenvalue weighted by Gasteiger charge is -2.40. The molecule has 0 saturated carbocycles. The minimum Gasteiger partial charge on any atom is -0.458 e. The molecule has 3 aliphatic rings. The Morgan fingerprint density at radius 2 is 1.74 bits per heavy atom. The van der Waals surface area contributed by atoms with Crippen LogP contribution in [0, 0.1) is 5.92 Å². The number of morpholine rings is 1. The van der Waals surface area contributed by atoms with Crippen LogP contribution >= 0.6 is 0 Å². The van der Waals surface area contributed by atoms with Crippen LogP contribution in [-0.4, -0.2) is 49.1 Å². The molecule has 7 heteroatoms. The van der Waals surface area contributed by atoms with Gasteiger partial charge in [0, 0.05) is 35.2 Å². The van der Waals surface area contributed by atoms with E-state index in [9.17, 15) is 9.90 Å². The zero-order valence-corrected chi connectivity index (χ0v) is 20.2. The predicted octanol–water partition coefficient (Wildman–Crippen LogP) is 0.218. The second-order valence-corrected chi connectivity index (χ2v) is 10.4. The highest BCUT2D eigenvalue weighted by atomic mass is 16.5. The second-order valence-electron chi connectivity index (χ2n) is 10.4. The third-order valence-electron chi connectivity index (χ3n) is 8.04. The number of pyridine rings is 1. The van der Waals surface area contributed by atoms with Gasteiger partial charge in [-0.2, -0.15) is 0 Å². The van der Waals surface area contributed by atoms with Gasteiger partial charge in [-0.25, -0.2) is 0 Å². The highest BCUT2D eigenvalue weighted by molar-refractivity contribution is 5.66. The number of piperidine rings is 1. The smallest absolute Gasteiger partial charge is 0.258 e. The SMILES string of the molecule is O=c1c(-c2ccccc2C[NH+]2CCOCC2)ccc2n1C[C@H]1C[C@@H]2C[NH+](Cc2ccc(CO)o2)C1. The van der Waals surface area contributed by atoms with Crippen molar-refractivity contribution < 1.29 is 24.1 Å². The van der Waals surface area contributed by atoms with Crippen molar-refractivity contribution in [2.45, 2.75) is 38.6 Å². The van der Waals surface area contributed by atoms with E-state index in [0.29, 0.717) is 17.6 Å². The zero-order valence-electron chi connectivity index (χ0n) is 20.2. The van der Waals surface area contributed by atoms with E-state index in [2.05, 4.69) is 34.9 Å². The first kappa shape index (κ1) is 22.7. The van der Waals surface area contributed by atoms with Crippen molar-refractivity contribution in [1.82, 2.24) is 4.57 Å². The van der Waals surface area contributed by atoms with E-state index in [1.165, 1.54) is 21.1 Å². The molecule has 0 radical (unpaired) electrons. The van der Waals surface area contributed by atoms with Crippen LogP contribution in [0.4, 0.5) is 0 Å². The van der Waals surface area contributed by atoms with Gasteiger partial charge in [0.1, 0.15) is 38.5 Å². The third-order valence-corrected chi connectivity index (χ3v) is 8.04. The molecule has 0 spiro atoms. The van der Waals surface area contributed by atoms with Crippen molar-refractivity contribution in [3.63, 3.8) is 0 Å². The Bertz CT molecular complexity index is 1240. The summed E-state index contributed by atoms with van der Waals surface area (Å²) in [6.45, 7) is 8.17. The van der Waals surface area contributed by atoms with E-state index in [0.717, 1.165) is 82.3 Å². The fraction of sp³-hybridized carbons (Fsp3) is 0.464. The maximum atomic E-state index is 13.8. The van der Waals surface area contributed by atoms with Gasteiger partial charge < -0.3 is 28.6 Å². The summed E-state index contributed by atoms with van der Waals surface area (Å²) in [4.78, 5) is 16.8. The van der Waals surface area contributed by atoms with Crippen molar-refractivity contribution in [2.24, 2.45) is 5.92 Å². The van der Waals surface area contributed by atoms with E-state index in [-0.39, 0.29) is 12.2 Å². The minimum atomic E-state index is -0.0594. The van der Waals surface area contributed by atoms with E-state index >= 15 is 0 Å². The molecule has 1 unspecified atom stereocenters. The molecule has 3 aliphatic heterocycles. The zero-order chi connectivity index (χ0) is 23.8. The van der Waals surface area contributed by atoms with Crippen LogP contribution in [0.1, 0.15) is 35.1 Å². The average Bonchev–Trinajstić information content (AvgIpc) is 3.33. The number of benzene rings is 1. The number of aromatic nitrogens is 1. The third kappa shape index (κ3) is 4.61. The van der Waals surface area contributed by atoms with Gasteiger partial charge in [-0.3, -0.25) is 4.79 Å². The molecular weight excluding hydrogens is 442 g/mol. The Kier molecular flexibility index (Phi) is 6.33. The van der Waals surface area contributed by atoms with Gasteiger partial charge in [-0.1, -0.05) is 24.3 Å². The standard InChI is InChI=1S/C28H33N3O4/c32-19-24-6-5-23(35-24)18-30-14-20-13-22(17-30)27-8-7-26(28(33)31(27)15-20)25-4-2-1-3-21(25)16-29-9-11-34-12-10-29/h1-8,20,22,32H,9-19H2/p+2/t20-,22+/m0/s1. The Labute approximate surface area is 205 Å². The number of likely N-dealkylation sites (tertiary alicyclic amines) is 1. The number of aliphatic hydroxyl groups is 1. The monoisotopic (exact) mass is 477 g/mol. The molecule has 2 saturated heterocycles. The summed E-state index contributed by atoms with van der Waals surface area (Å²) in [5.41, 5.74) is 4.48. The first-order valence-electron chi connectivity index (χ1n) is 12.9. The van der Waals surface area contributed by atoms with Crippen LogP contribution in [0.2, 0.25) is 0 Å². The number of quaternary nitrogens is 2. The predicted molar refractivity (Wildman–Crippen MR) is 131 cm³/mol. The number of furan rings is 1. The molecule has 7 nitrogen and oxygen atoms in total. The number of hydrogen-bond acceptors (Lipinski definition) is 4. The normalized spacial score (nSPS) is 24.3. The van der Waals surface area contributed by atoms with Gasteiger partial charge in [0.2, 0.25) is 0 Å². The van der Waals surface area contributed by atoms with Gasteiger partial charge in [0.15, 0.2) is 5.76 Å². The fourth-order valence-corrected chi connectivity index (χ4v) is 6.41. The van der Waals surface area contributed by atoms with Crippen LogP contribution in [0.25, 0.3) is 11.1 Å². The number of rotatable bonds is 6. The van der Waals surface area contributed by atoms with Crippen molar-refractivity contribution >= 4 is 0 Å².